The summed E-state index contributed by atoms with van der Waals surface area (Å²) in [5, 5.41) is 8.95. The van der Waals surface area contributed by atoms with E-state index in [0.29, 0.717) is 0 Å². The van der Waals surface area contributed by atoms with Crippen molar-refractivity contribution in [2.45, 2.75) is 13.1 Å². The number of rotatable bonds is 6. The van der Waals surface area contributed by atoms with Crippen molar-refractivity contribution in [3.05, 3.63) is 143 Å². The monoisotopic (exact) mass is 526 g/mol. The number of benzene rings is 4. The largest absolute Gasteiger partial charge is 0.681 e. The maximum Gasteiger partial charge on any atom is 0 e. The van der Waals surface area contributed by atoms with Gasteiger partial charge >= 0.3 is 0 Å². The van der Waals surface area contributed by atoms with Crippen molar-refractivity contribution in [2.24, 2.45) is 0 Å². The Hall–Kier alpha value is -2.24. The molecule has 4 heteroatoms. The molecule has 0 aliphatic heterocycles. The van der Waals surface area contributed by atoms with Crippen molar-refractivity contribution in [2.75, 3.05) is 0 Å². The summed E-state index contributed by atoms with van der Waals surface area (Å²) in [6.07, 6.45) is 0. The van der Waals surface area contributed by atoms with E-state index in [1.807, 2.05) is 97.1 Å². The molecule has 0 fully saturated rings. The smallest absolute Gasteiger partial charge is 0 e. The van der Waals surface area contributed by atoms with Crippen LogP contribution in [0, 0.1) is 40.8 Å². The minimum absolute atomic E-state index is 0. The molecule has 0 unspecified atom stereocenters. The topological polar surface area (TPSA) is 28.2 Å². The van der Waals surface area contributed by atoms with Crippen molar-refractivity contribution in [3.8, 4) is 0 Å². The maximum atomic E-state index is 4.48. The molecule has 0 saturated heterocycles. The maximum absolute atomic E-state index is 4.48. The molecule has 4 rings (SSSR count). The van der Waals surface area contributed by atoms with E-state index >= 15 is 0 Å². The van der Waals surface area contributed by atoms with Crippen LogP contribution < -0.4 is 0 Å². The Labute approximate surface area is 211 Å². The second kappa shape index (κ2) is 15.6. The fraction of sp³-hybridized carbons (Fsp3) is 0.0769. The number of para-hydroxylation sites is 2. The Balaban J connectivity index is 0.000000281. The quantitative estimate of drug-likeness (QED) is 0.243. The van der Waals surface area contributed by atoms with Gasteiger partial charge in [-0.15, -0.1) is 24.5 Å². The molecule has 2 nitrogen and oxygen atoms in total. The Kier molecular flexibility index (Phi) is 13.4. The van der Waals surface area contributed by atoms with Gasteiger partial charge in [-0.25, -0.2) is 0 Å². The number of nitrogens with zero attached hydrogens (tertiary/aromatic N) is 2. The minimum Gasteiger partial charge on any atom is -0.681 e. The molecular formula is C26H25FN2Nd-2. The molecule has 4 aromatic rings. The van der Waals surface area contributed by atoms with Gasteiger partial charge in [-0.2, -0.15) is 0 Å². The van der Waals surface area contributed by atoms with Crippen LogP contribution in [0.2, 0.25) is 0 Å². The summed E-state index contributed by atoms with van der Waals surface area (Å²) in [5.74, 6) is 0. The molecule has 0 saturated carbocycles. The summed E-state index contributed by atoms with van der Waals surface area (Å²) in [4.78, 5) is 0. The van der Waals surface area contributed by atoms with Crippen LogP contribution in [0.15, 0.2) is 121 Å². The summed E-state index contributed by atoms with van der Waals surface area (Å²) in [6.45, 7) is 1.51. The van der Waals surface area contributed by atoms with Gasteiger partial charge in [0.25, 0.3) is 0 Å². The van der Waals surface area contributed by atoms with Gasteiger partial charge in [-0.3, -0.25) is 4.70 Å². The number of hydrogen-bond acceptors (Lipinski definition) is 0. The molecule has 0 bridgehead atoms. The van der Waals surface area contributed by atoms with E-state index in [2.05, 4.69) is 34.9 Å². The Bertz CT molecular complexity index is 747. The van der Waals surface area contributed by atoms with Crippen LogP contribution in [0.5, 0.6) is 0 Å². The van der Waals surface area contributed by atoms with Crippen molar-refractivity contribution < 1.29 is 45.5 Å². The first-order valence-electron chi connectivity index (χ1n) is 9.43. The predicted molar refractivity (Wildman–Crippen MR) is 122 cm³/mol. The molecule has 0 amide bonds. The van der Waals surface area contributed by atoms with Crippen LogP contribution in [0.1, 0.15) is 11.1 Å². The predicted octanol–water partition coefficient (Wildman–Crippen LogP) is 7.94. The molecule has 152 valence electrons. The first kappa shape index (κ1) is 25.8. The molecule has 4 aromatic carbocycles. The van der Waals surface area contributed by atoms with Crippen molar-refractivity contribution in [1.82, 2.24) is 0 Å². The van der Waals surface area contributed by atoms with Gasteiger partial charge in [0.1, 0.15) is 0 Å². The normalized spacial score (nSPS) is 9.07. The Morgan fingerprint density at radius 1 is 0.400 bits per heavy atom. The zero-order valence-corrected chi connectivity index (χ0v) is 20.0. The first-order chi connectivity index (χ1) is 13.9. The zero-order chi connectivity index (χ0) is 19.3. The second-order valence-electron chi connectivity index (χ2n) is 6.27. The van der Waals surface area contributed by atoms with E-state index < -0.39 is 0 Å². The summed E-state index contributed by atoms with van der Waals surface area (Å²) in [6, 6.07) is 40.6. The van der Waals surface area contributed by atoms with Gasteiger partial charge in [0.15, 0.2) is 0 Å². The second-order valence-corrected chi connectivity index (χ2v) is 6.27. The summed E-state index contributed by atoms with van der Waals surface area (Å²) in [7, 11) is 0. The van der Waals surface area contributed by atoms with Crippen molar-refractivity contribution in [3.63, 3.8) is 0 Å². The molecule has 30 heavy (non-hydrogen) atoms. The third kappa shape index (κ3) is 9.99. The third-order valence-corrected chi connectivity index (χ3v) is 4.09. The molecular weight excluding hydrogens is 504 g/mol. The van der Waals surface area contributed by atoms with Gasteiger partial charge < -0.3 is 10.6 Å². The van der Waals surface area contributed by atoms with Gasteiger partial charge in [0.05, 0.1) is 0 Å². The molecule has 0 aliphatic carbocycles. The van der Waals surface area contributed by atoms with Crippen LogP contribution in [0.4, 0.5) is 16.1 Å². The zero-order valence-electron chi connectivity index (χ0n) is 16.8. The summed E-state index contributed by atoms with van der Waals surface area (Å²) < 4.78 is 0. The Morgan fingerprint density at radius 2 is 0.667 bits per heavy atom. The standard InChI is InChI=1S/2C13H12N.FH.Nd/c2*1-3-7-12(8-4-1)11-14-13-9-5-2-6-10-13;;/h2*1-10H,11H2;1H;/q2*-1;;. The van der Waals surface area contributed by atoms with E-state index in [1.54, 1.807) is 0 Å². The van der Waals surface area contributed by atoms with E-state index in [-0.39, 0.29) is 45.5 Å². The summed E-state index contributed by atoms with van der Waals surface area (Å²) in [5.41, 5.74) is 4.57. The van der Waals surface area contributed by atoms with E-state index in [4.69, 9.17) is 0 Å². The fourth-order valence-electron chi connectivity index (χ4n) is 2.60. The molecule has 0 spiro atoms. The van der Waals surface area contributed by atoms with Crippen LogP contribution in [-0.4, -0.2) is 0 Å². The van der Waals surface area contributed by atoms with Gasteiger partial charge in [-0.1, -0.05) is 132 Å². The van der Waals surface area contributed by atoms with Gasteiger partial charge in [0.2, 0.25) is 0 Å². The molecule has 0 radical (unpaired) electrons. The fourth-order valence-corrected chi connectivity index (χ4v) is 2.60. The van der Waals surface area contributed by atoms with E-state index in [9.17, 15) is 0 Å². The van der Waals surface area contributed by atoms with E-state index in [1.165, 1.54) is 11.1 Å². The first-order valence-corrected chi connectivity index (χ1v) is 9.43. The van der Waals surface area contributed by atoms with E-state index in [0.717, 1.165) is 24.5 Å². The molecule has 0 atom stereocenters. The average Bonchev–Trinajstić information content (AvgIpc) is 2.80. The van der Waals surface area contributed by atoms with Crippen molar-refractivity contribution in [1.29, 1.82) is 0 Å². The van der Waals surface area contributed by atoms with Crippen LogP contribution >= 0.6 is 0 Å². The molecule has 0 N–H and O–H groups in total. The average molecular weight is 529 g/mol. The van der Waals surface area contributed by atoms with Gasteiger partial charge in [-0.05, 0) is 0 Å². The van der Waals surface area contributed by atoms with Crippen LogP contribution in [0.3, 0.4) is 0 Å². The number of hydrogen-bond donors (Lipinski definition) is 0. The Morgan fingerprint density at radius 3 is 0.967 bits per heavy atom. The summed E-state index contributed by atoms with van der Waals surface area (Å²) >= 11 is 0. The van der Waals surface area contributed by atoms with Crippen LogP contribution in [0.25, 0.3) is 10.6 Å². The SMILES string of the molecule is F.[Nd].c1ccc(C[N-]c2ccccc2)cc1.c1ccc(C[N-]c2ccccc2)cc1. The third-order valence-electron chi connectivity index (χ3n) is 4.09. The molecule has 0 aromatic heterocycles. The van der Waals surface area contributed by atoms with Crippen LogP contribution in [-0.2, 0) is 13.1 Å². The minimum atomic E-state index is 0. The molecule has 0 heterocycles. The molecule has 0 aliphatic rings. The van der Waals surface area contributed by atoms with Gasteiger partial charge in [0, 0.05) is 40.8 Å². The van der Waals surface area contributed by atoms with Crippen molar-refractivity contribution >= 4 is 11.4 Å². The number of halogens is 1.